The maximum atomic E-state index is 14.0. The summed E-state index contributed by atoms with van der Waals surface area (Å²) in [7, 11) is 1.60. The number of amides is 1. The first-order valence-electron chi connectivity index (χ1n) is 7.14. The quantitative estimate of drug-likeness (QED) is 0.693. The highest BCUT2D eigenvalue weighted by molar-refractivity contribution is 9.10. The van der Waals surface area contributed by atoms with Crippen molar-refractivity contribution in [2.24, 2.45) is 0 Å². The SMILES string of the molecule is COCCCN(Cc1c(F)cccc1Br)C(=O)OC(C)(C)C. The lowest BCUT2D eigenvalue weighted by molar-refractivity contribution is 0.0216. The lowest BCUT2D eigenvalue weighted by Gasteiger charge is -2.28. The van der Waals surface area contributed by atoms with Crippen LogP contribution < -0.4 is 0 Å². The molecule has 0 aliphatic rings. The van der Waals surface area contributed by atoms with Crippen molar-refractivity contribution in [2.45, 2.75) is 39.3 Å². The summed E-state index contributed by atoms with van der Waals surface area (Å²) in [4.78, 5) is 13.8. The van der Waals surface area contributed by atoms with Crippen molar-refractivity contribution in [2.75, 3.05) is 20.3 Å². The van der Waals surface area contributed by atoms with E-state index in [1.54, 1.807) is 40.0 Å². The summed E-state index contributed by atoms with van der Waals surface area (Å²) in [5.74, 6) is -0.352. The smallest absolute Gasteiger partial charge is 0.410 e. The Morgan fingerprint density at radius 2 is 2.05 bits per heavy atom. The van der Waals surface area contributed by atoms with Gasteiger partial charge in [-0.25, -0.2) is 9.18 Å². The molecule has 0 aliphatic carbocycles. The summed E-state index contributed by atoms with van der Waals surface area (Å²) in [6, 6.07) is 4.75. The number of benzene rings is 1. The number of methoxy groups -OCH3 is 1. The predicted molar refractivity (Wildman–Crippen MR) is 87.2 cm³/mol. The van der Waals surface area contributed by atoms with E-state index in [0.717, 1.165) is 0 Å². The van der Waals surface area contributed by atoms with Crippen LogP contribution in [0, 0.1) is 5.82 Å². The Kier molecular flexibility index (Phi) is 7.29. The number of nitrogens with zero attached hydrogens (tertiary/aromatic N) is 1. The van der Waals surface area contributed by atoms with Crippen molar-refractivity contribution >= 4 is 22.0 Å². The van der Waals surface area contributed by atoms with Gasteiger partial charge in [0.2, 0.25) is 0 Å². The highest BCUT2D eigenvalue weighted by atomic mass is 79.9. The van der Waals surface area contributed by atoms with Crippen LogP contribution in [-0.4, -0.2) is 36.9 Å². The number of rotatable bonds is 6. The third-order valence-electron chi connectivity index (χ3n) is 2.84. The molecule has 0 heterocycles. The molecule has 1 amide bonds. The van der Waals surface area contributed by atoms with Crippen LogP contribution in [-0.2, 0) is 16.0 Å². The van der Waals surface area contributed by atoms with Gasteiger partial charge in [0.1, 0.15) is 11.4 Å². The fraction of sp³-hybridized carbons (Fsp3) is 0.562. The van der Waals surface area contributed by atoms with Gasteiger partial charge in [-0.05, 0) is 39.3 Å². The zero-order valence-corrected chi connectivity index (χ0v) is 15.1. The first kappa shape index (κ1) is 18.9. The average Bonchev–Trinajstić information content (AvgIpc) is 2.39. The molecule has 124 valence electrons. The Labute approximate surface area is 139 Å². The summed E-state index contributed by atoms with van der Waals surface area (Å²) in [5.41, 5.74) is -0.158. The van der Waals surface area contributed by atoms with Crippen LogP contribution >= 0.6 is 15.9 Å². The molecular weight excluding hydrogens is 353 g/mol. The van der Waals surface area contributed by atoms with Gasteiger partial charge in [-0.3, -0.25) is 0 Å². The van der Waals surface area contributed by atoms with E-state index in [4.69, 9.17) is 9.47 Å². The molecule has 0 radical (unpaired) electrons. The zero-order valence-electron chi connectivity index (χ0n) is 13.5. The van der Waals surface area contributed by atoms with Crippen molar-refractivity contribution in [1.82, 2.24) is 4.90 Å². The Morgan fingerprint density at radius 1 is 1.36 bits per heavy atom. The van der Waals surface area contributed by atoms with Gasteiger partial charge in [-0.15, -0.1) is 0 Å². The minimum Gasteiger partial charge on any atom is -0.444 e. The maximum Gasteiger partial charge on any atom is 0.410 e. The molecule has 0 atom stereocenters. The van der Waals surface area contributed by atoms with Gasteiger partial charge in [-0.1, -0.05) is 22.0 Å². The van der Waals surface area contributed by atoms with Crippen LogP contribution in [0.25, 0.3) is 0 Å². The lowest BCUT2D eigenvalue weighted by atomic mass is 10.2. The van der Waals surface area contributed by atoms with Gasteiger partial charge in [-0.2, -0.15) is 0 Å². The molecule has 1 aromatic carbocycles. The maximum absolute atomic E-state index is 14.0. The minimum atomic E-state index is -0.594. The van der Waals surface area contributed by atoms with Gasteiger partial charge in [0.05, 0.1) is 6.54 Å². The number of hydrogen-bond acceptors (Lipinski definition) is 3. The van der Waals surface area contributed by atoms with E-state index in [1.165, 1.54) is 11.0 Å². The number of ether oxygens (including phenoxy) is 2. The molecule has 0 aromatic heterocycles. The second kappa shape index (κ2) is 8.48. The van der Waals surface area contributed by atoms with E-state index in [-0.39, 0.29) is 12.4 Å². The molecule has 22 heavy (non-hydrogen) atoms. The summed E-state index contributed by atoms with van der Waals surface area (Å²) in [6.45, 7) is 6.51. The number of halogens is 2. The van der Waals surface area contributed by atoms with Crippen molar-refractivity contribution < 1.29 is 18.7 Å². The molecule has 6 heteroatoms. The van der Waals surface area contributed by atoms with Crippen LogP contribution in [0.2, 0.25) is 0 Å². The highest BCUT2D eigenvalue weighted by Crippen LogP contribution is 2.22. The number of carbonyl (C=O) groups is 1. The van der Waals surface area contributed by atoms with Crippen LogP contribution in [0.15, 0.2) is 22.7 Å². The number of hydrogen-bond donors (Lipinski definition) is 0. The zero-order chi connectivity index (χ0) is 16.8. The van der Waals surface area contributed by atoms with Crippen molar-refractivity contribution in [3.05, 3.63) is 34.1 Å². The Balaban J connectivity index is 2.88. The second-order valence-corrected chi connectivity index (χ2v) is 6.80. The van der Waals surface area contributed by atoms with Crippen molar-refractivity contribution in [3.63, 3.8) is 0 Å². The van der Waals surface area contributed by atoms with Gasteiger partial charge >= 0.3 is 6.09 Å². The molecule has 0 N–H and O–H groups in total. The number of carbonyl (C=O) groups excluding carboxylic acids is 1. The molecule has 0 aliphatic heterocycles. The molecule has 0 spiro atoms. The van der Waals surface area contributed by atoms with E-state index in [2.05, 4.69) is 15.9 Å². The molecule has 0 fully saturated rings. The Bertz CT molecular complexity index is 482. The Hall–Kier alpha value is -1.14. The van der Waals surface area contributed by atoms with Crippen LogP contribution in [0.5, 0.6) is 0 Å². The van der Waals surface area contributed by atoms with E-state index in [0.29, 0.717) is 29.6 Å². The first-order valence-corrected chi connectivity index (χ1v) is 7.93. The highest BCUT2D eigenvalue weighted by Gasteiger charge is 2.23. The van der Waals surface area contributed by atoms with Crippen molar-refractivity contribution in [1.29, 1.82) is 0 Å². The fourth-order valence-electron chi connectivity index (χ4n) is 1.84. The molecule has 4 nitrogen and oxygen atoms in total. The molecule has 1 rings (SSSR count). The average molecular weight is 376 g/mol. The molecule has 0 bridgehead atoms. The van der Waals surface area contributed by atoms with Gasteiger partial charge in [0, 0.05) is 30.3 Å². The normalized spacial score (nSPS) is 11.4. The van der Waals surface area contributed by atoms with E-state index in [1.807, 2.05) is 0 Å². The van der Waals surface area contributed by atoms with Gasteiger partial charge < -0.3 is 14.4 Å². The van der Waals surface area contributed by atoms with Crippen molar-refractivity contribution in [3.8, 4) is 0 Å². The predicted octanol–water partition coefficient (Wildman–Crippen LogP) is 4.36. The molecule has 0 unspecified atom stereocenters. The molecule has 1 aromatic rings. The van der Waals surface area contributed by atoms with Crippen LogP contribution in [0.1, 0.15) is 32.8 Å². The van der Waals surface area contributed by atoms with Crippen LogP contribution in [0.3, 0.4) is 0 Å². The summed E-state index contributed by atoms with van der Waals surface area (Å²) in [6.07, 6.45) is 0.195. The van der Waals surface area contributed by atoms with Gasteiger partial charge in [0.25, 0.3) is 0 Å². The third-order valence-corrected chi connectivity index (χ3v) is 3.58. The summed E-state index contributed by atoms with van der Waals surface area (Å²) >= 11 is 3.32. The fourth-order valence-corrected chi connectivity index (χ4v) is 2.30. The summed E-state index contributed by atoms with van der Waals surface area (Å²) < 4.78 is 25.0. The van der Waals surface area contributed by atoms with Gasteiger partial charge in [0.15, 0.2) is 0 Å². The van der Waals surface area contributed by atoms with E-state index >= 15 is 0 Å². The molecule has 0 saturated carbocycles. The topological polar surface area (TPSA) is 38.8 Å². The molecular formula is C16H23BrFNO3. The van der Waals surface area contributed by atoms with Crippen LogP contribution in [0.4, 0.5) is 9.18 Å². The first-order chi connectivity index (χ1) is 10.2. The Morgan fingerprint density at radius 3 is 2.59 bits per heavy atom. The van der Waals surface area contributed by atoms with E-state index < -0.39 is 11.7 Å². The lowest BCUT2D eigenvalue weighted by Crippen LogP contribution is -2.37. The second-order valence-electron chi connectivity index (χ2n) is 5.95. The standard InChI is InChI=1S/C16H23BrFNO3/c1-16(2,3)22-15(20)19(9-6-10-21-4)11-12-13(17)7-5-8-14(12)18/h5,7-8H,6,9-11H2,1-4H3. The molecule has 0 saturated heterocycles. The minimum absolute atomic E-state index is 0.145. The monoisotopic (exact) mass is 375 g/mol. The third kappa shape index (κ3) is 6.32. The largest absolute Gasteiger partial charge is 0.444 e. The summed E-state index contributed by atoms with van der Waals surface area (Å²) in [5, 5.41) is 0. The van der Waals surface area contributed by atoms with E-state index in [9.17, 15) is 9.18 Å².